The van der Waals surface area contributed by atoms with E-state index < -0.39 is 0 Å². The molecule has 0 aromatic heterocycles. The van der Waals surface area contributed by atoms with Crippen LogP contribution in [0.5, 0.6) is 11.5 Å². The average Bonchev–Trinajstić information content (AvgIpc) is 3.12. The summed E-state index contributed by atoms with van der Waals surface area (Å²) < 4.78 is 20.1. The minimum atomic E-state index is -0.218. The molecule has 1 N–H and O–H groups in total. The predicted octanol–water partition coefficient (Wildman–Crippen LogP) is 4.78. The van der Waals surface area contributed by atoms with Crippen molar-refractivity contribution in [3.63, 3.8) is 0 Å². The van der Waals surface area contributed by atoms with E-state index in [1.807, 2.05) is 42.2 Å². The van der Waals surface area contributed by atoms with E-state index in [1.54, 1.807) is 30.3 Å². The number of hydrogen-bond donors (Lipinski definition) is 1. The molecule has 0 spiro atoms. The van der Waals surface area contributed by atoms with Crippen molar-refractivity contribution in [3.05, 3.63) is 94.5 Å². The van der Waals surface area contributed by atoms with E-state index in [1.165, 1.54) is 6.07 Å². The lowest BCUT2D eigenvalue weighted by atomic mass is 10.0. The second kappa shape index (κ2) is 8.71. The zero-order valence-electron chi connectivity index (χ0n) is 18.4. The van der Waals surface area contributed by atoms with Crippen LogP contribution in [0.15, 0.2) is 66.4 Å². The first-order valence-corrected chi connectivity index (χ1v) is 11.1. The van der Waals surface area contributed by atoms with Gasteiger partial charge >= 0.3 is 0 Å². The number of halogens is 1. The molecular formula is C27H25FN2O3. The molecule has 2 heterocycles. The van der Waals surface area contributed by atoms with Crippen molar-refractivity contribution in [1.29, 1.82) is 0 Å². The van der Waals surface area contributed by atoms with Gasteiger partial charge in [-0.05, 0) is 42.8 Å². The van der Waals surface area contributed by atoms with Gasteiger partial charge in [-0.25, -0.2) is 4.39 Å². The molecule has 2 aliphatic heterocycles. The number of aryl methyl sites for hydroxylation is 1. The van der Waals surface area contributed by atoms with Crippen LogP contribution < -0.4 is 9.64 Å². The van der Waals surface area contributed by atoms with Crippen molar-refractivity contribution < 1.29 is 19.0 Å². The second-order valence-electron chi connectivity index (χ2n) is 8.51. The Morgan fingerprint density at radius 3 is 2.58 bits per heavy atom. The van der Waals surface area contributed by atoms with Gasteiger partial charge in [-0.2, -0.15) is 0 Å². The Kier molecular flexibility index (Phi) is 5.60. The number of Topliss-reactive ketones (excluding diaryl/α,β-unsaturated/α-hetero) is 1. The van der Waals surface area contributed by atoms with Crippen molar-refractivity contribution in [1.82, 2.24) is 4.90 Å². The summed E-state index contributed by atoms with van der Waals surface area (Å²) in [4.78, 5) is 17.2. The number of carbonyl (C=O) groups is 1. The van der Waals surface area contributed by atoms with E-state index in [4.69, 9.17) is 4.74 Å². The summed E-state index contributed by atoms with van der Waals surface area (Å²) >= 11 is 0. The van der Waals surface area contributed by atoms with Gasteiger partial charge in [0, 0.05) is 32.7 Å². The lowest BCUT2D eigenvalue weighted by Crippen LogP contribution is -2.46. The molecule has 0 unspecified atom stereocenters. The van der Waals surface area contributed by atoms with E-state index in [2.05, 4.69) is 4.90 Å². The molecule has 3 aromatic carbocycles. The number of piperazine rings is 1. The van der Waals surface area contributed by atoms with Crippen LogP contribution in [0.25, 0.3) is 6.08 Å². The van der Waals surface area contributed by atoms with Crippen molar-refractivity contribution in [2.75, 3.05) is 31.1 Å². The van der Waals surface area contributed by atoms with Crippen molar-refractivity contribution in [2.45, 2.75) is 13.5 Å². The van der Waals surface area contributed by atoms with E-state index >= 15 is 0 Å². The number of phenols is 1. The van der Waals surface area contributed by atoms with Gasteiger partial charge in [-0.1, -0.05) is 42.0 Å². The van der Waals surface area contributed by atoms with Gasteiger partial charge < -0.3 is 14.7 Å². The molecule has 0 atom stereocenters. The SMILES string of the molecule is Cc1cccc(/C=C2\Oc3c(ccc(O)c3CN3CCN(c4ccccc4F)CC3)C2=O)c1. The van der Waals surface area contributed by atoms with Crippen LogP contribution >= 0.6 is 0 Å². The number of rotatable bonds is 4. The number of allylic oxidation sites excluding steroid dienone is 1. The number of hydrogen-bond acceptors (Lipinski definition) is 5. The third-order valence-electron chi connectivity index (χ3n) is 6.20. The lowest BCUT2D eigenvalue weighted by molar-refractivity contribution is 0.101. The zero-order chi connectivity index (χ0) is 22.9. The Morgan fingerprint density at radius 2 is 1.82 bits per heavy atom. The molecule has 33 heavy (non-hydrogen) atoms. The normalized spacial score (nSPS) is 17.3. The maximum absolute atomic E-state index is 14.1. The quantitative estimate of drug-likeness (QED) is 0.587. The molecular weight excluding hydrogens is 419 g/mol. The first kappa shape index (κ1) is 21.2. The number of aromatic hydroxyl groups is 1. The minimum absolute atomic E-state index is 0.106. The number of fused-ring (bicyclic) bond motifs is 1. The molecule has 6 heteroatoms. The Labute approximate surface area is 192 Å². The fourth-order valence-corrected chi connectivity index (χ4v) is 4.44. The summed E-state index contributed by atoms with van der Waals surface area (Å²) in [6, 6.07) is 17.8. The lowest BCUT2D eigenvalue weighted by Gasteiger charge is -2.36. The van der Waals surface area contributed by atoms with Crippen LogP contribution in [-0.4, -0.2) is 42.0 Å². The summed E-state index contributed by atoms with van der Waals surface area (Å²) in [6.07, 6.45) is 1.74. The minimum Gasteiger partial charge on any atom is -0.507 e. The highest BCUT2D eigenvalue weighted by atomic mass is 19.1. The zero-order valence-corrected chi connectivity index (χ0v) is 18.4. The van der Waals surface area contributed by atoms with Crippen molar-refractivity contribution in [3.8, 4) is 11.5 Å². The molecule has 0 radical (unpaired) electrons. The van der Waals surface area contributed by atoms with Crippen LogP contribution in [0, 0.1) is 12.7 Å². The topological polar surface area (TPSA) is 53.0 Å². The Morgan fingerprint density at radius 1 is 1.03 bits per heavy atom. The Hall–Kier alpha value is -3.64. The number of para-hydroxylation sites is 1. The molecule has 1 fully saturated rings. The van der Waals surface area contributed by atoms with Crippen LogP contribution in [0.4, 0.5) is 10.1 Å². The van der Waals surface area contributed by atoms with Crippen LogP contribution in [0.2, 0.25) is 0 Å². The van der Waals surface area contributed by atoms with Gasteiger partial charge in [0.25, 0.3) is 0 Å². The Balaban J connectivity index is 1.34. The molecule has 0 saturated carbocycles. The van der Waals surface area contributed by atoms with Gasteiger partial charge in [0.15, 0.2) is 5.76 Å². The predicted molar refractivity (Wildman–Crippen MR) is 126 cm³/mol. The molecule has 0 aliphatic carbocycles. The van der Waals surface area contributed by atoms with Crippen LogP contribution in [0.1, 0.15) is 27.0 Å². The first-order chi connectivity index (χ1) is 16.0. The standard InChI is InChI=1S/C27H25FN2O3/c1-18-5-4-6-19(15-18)16-25-26(32)20-9-10-24(31)21(27(20)33-25)17-29-11-13-30(14-12-29)23-8-3-2-7-22(23)28/h2-10,15-16,31H,11-14,17H2,1H3/b25-16-. The molecule has 0 amide bonds. The fraction of sp³-hybridized carbons (Fsp3) is 0.222. The molecule has 3 aromatic rings. The molecule has 5 nitrogen and oxygen atoms in total. The molecule has 5 rings (SSSR count). The number of anilines is 1. The highest BCUT2D eigenvalue weighted by Gasteiger charge is 2.32. The van der Waals surface area contributed by atoms with Gasteiger partial charge in [0.1, 0.15) is 17.3 Å². The van der Waals surface area contributed by atoms with E-state index in [0.717, 1.165) is 11.1 Å². The Bertz CT molecular complexity index is 1250. The number of carbonyl (C=O) groups excluding carboxylic acids is 1. The molecule has 0 bridgehead atoms. The van der Waals surface area contributed by atoms with E-state index in [9.17, 15) is 14.3 Å². The van der Waals surface area contributed by atoms with Crippen molar-refractivity contribution >= 4 is 17.5 Å². The van der Waals surface area contributed by atoms with Crippen LogP contribution in [0.3, 0.4) is 0 Å². The molecule has 1 saturated heterocycles. The second-order valence-corrected chi connectivity index (χ2v) is 8.51. The highest BCUT2D eigenvalue weighted by Crippen LogP contribution is 2.40. The smallest absolute Gasteiger partial charge is 0.231 e. The van der Waals surface area contributed by atoms with Gasteiger partial charge in [0.2, 0.25) is 5.78 Å². The van der Waals surface area contributed by atoms with E-state index in [0.29, 0.717) is 55.3 Å². The van der Waals surface area contributed by atoms with Gasteiger partial charge in [-0.15, -0.1) is 0 Å². The molecule has 2 aliphatic rings. The maximum atomic E-state index is 14.1. The summed E-state index contributed by atoms with van der Waals surface area (Å²) in [6.45, 7) is 5.21. The third kappa shape index (κ3) is 4.22. The van der Waals surface area contributed by atoms with E-state index in [-0.39, 0.29) is 23.1 Å². The van der Waals surface area contributed by atoms with Crippen molar-refractivity contribution in [2.24, 2.45) is 0 Å². The summed E-state index contributed by atoms with van der Waals surface area (Å²) in [5, 5.41) is 10.6. The maximum Gasteiger partial charge on any atom is 0.231 e. The summed E-state index contributed by atoms with van der Waals surface area (Å²) in [5.74, 6) is 0.388. The highest BCUT2D eigenvalue weighted by molar-refractivity contribution is 6.15. The number of nitrogens with zero attached hydrogens (tertiary/aromatic N) is 2. The van der Waals surface area contributed by atoms with Gasteiger partial charge in [-0.3, -0.25) is 9.69 Å². The number of phenolic OH excluding ortho intramolecular Hbond substituents is 1. The first-order valence-electron chi connectivity index (χ1n) is 11.1. The number of ether oxygens (including phenoxy) is 1. The van der Waals surface area contributed by atoms with Gasteiger partial charge in [0.05, 0.1) is 16.8 Å². The number of ketones is 1. The average molecular weight is 445 g/mol. The summed E-state index contributed by atoms with van der Waals surface area (Å²) in [7, 11) is 0. The monoisotopic (exact) mass is 444 g/mol. The third-order valence-corrected chi connectivity index (χ3v) is 6.20. The van der Waals surface area contributed by atoms with Crippen LogP contribution in [-0.2, 0) is 6.54 Å². The fourth-order valence-electron chi connectivity index (χ4n) is 4.44. The number of benzene rings is 3. The molecule has 168 valence electrons. The largest absolute Gasteiger partial charge is 0.507 e. The summed E-state index contributed by atoms with van der Waals surface area (Å²) in [5.41, 5.74) is 3.67.